The van der Waals surface area contributed by atoms with Crippen LogP contribution in [-0.2, 0) is 13.1 Å². The highest BCUT2D eigenvalue weighted by molar-refractivity contribution is 7.07. The summed E-state index contributed by atoms with van der Waals surface area (Å²) in [6, 6.07) is 9.06. The van der Waals surface area contributed by atoms with Crippen molar-refractivity contribution in [2.24, 2.45) is 0 Å². The first-order valence-electron chi connectivity index (χ1n) is 6.19. The zero-order valence-corrected chi connectivity index (χ0v) is 11.5. The van der Waals surface area contributed by atoms with Gasteiger partial charge in [-0.1, -0.05) is 0 Å². The number of thiophene rings is 1. The van der Waals surface area contributed by atoms with Crippen molar-refractivity contribution >= 4 is 17.2 Å². The number of amides is 1. The predicted molar refractivity (Wildman–Crippen MR) is 75.3 cm³/mol. The van der Waals surface area contributed by atoms with Crippen LogP contribution in [0.4, 0.5) is 0 Å². The Bertz CT molecular complexity index is 605. The van der Waals surface area contributed by atoms with Crippen LogP contribution in [0.1, 0.15) is 21.9 Å². The molecule has 1 amide bonds. The van der Waals surface area contributed by atoms with E-state index in [2.05, 4.69) is 0 Å². The molecule has 3 aromatic heterocycles. The molecule has 4 nitrogen and oxygen atoms in total. The molecule has 0 aromatic carbocycles. The Morgan fingerprint density at radius 2 is 1.95 bits per heavy atom. The zero-order valence-electron chi connectivity index (χ0n) is 10.7. The smallest absolute Gasteiger partial charge is 0.290 e. The standard InChI is InChI=1S/C15H13NO3S/c17-15(14-4-2-7-19-14)16(9-12-5-8-20-11-12)10-13-3-1-6-18-13/h1-8,11H,9-10H2. The first-order valence-corrected chi connectivity index (χ1v) is 7.13. The first-order chi connectivity index (χ1) is 9.83. The van der Waals surface area contributed by atoms with Crippen molar-refractivity contribution in [1.82, 2.24) is 4.90 Å². The molecule has 0 aliphatic heterocycles. The first kappa shape index (κ1) is 12.7. The maximum Gasteiger partial charge on any atom is 0.290 e. The molecular formula is C15H13NO3S. The lowest BCUT2D eigenvalue weighted by atomic mass is 10.2. The number of carbonyl (C=O) groups is 1. The van der Waals surface area contributed by atoms with Crippen molar-refractivity contribution in [3.05, 3.63) is 70.7 Å². The van der Waals surface area contributed by atoms with Crippen LogP contribution in [0, 0.1) is 0 Å². The van der Waals surface area contributed by atoms with Gasteiger partial charge in [0.2, 0.25) is 0 Å². The van der Waals surface area contributed by atoms with Crippen LogP contribution in [0.25, 0.3) is 0 Å². The molecule has 102 valence electrons. The lowest BCUT2D eigenvalue weighted by molar-refractivity contribution is 0.0685. The molecule has 0 atom stereocenters. The van der Waals surface area contributed by atoms with Crippen molar-refractivity contribution in [3.8, 4) is 0 Å². The van der Waals surface area contributed by atoms with Crippen LogP contribution in [-0.4, -0.2) is 10.8 Å². The van der Waals surface area contributed by atoms with E-state index in [4.69, 9.17) is 8.83 Å². The molecular weight excluding hydrogens is 274 g/mol. The second-order valence-corrected chi connectivity index (χ2v) is 5.13. The molecule has 3 heterocycles. The molecule has 3 aromatic rings. The minimum atomic E-state index is -0.141. The topological polar surface area (TPSA) is 46.6 Å². The highest BCUT2D eigenvalue weighted by Crippen LogP contribution is 2.16. The highest BCUT2D eigenvalue weighted by atomic mass is 32.1. The summed E-state index contributed by atoms with van der Waals surface area (Å²) in [5, 5.41) is 4.03. The van der Waals surface area contributed by atoms with Crippen LogP contribution in [0.15, 0.2) is 62.5 Å². The Morgan fingerprint density at radius 3 is 2.60 bits per heavy atom. The van der Waals surface area contributed by atoms with Crippen molar-refractivity contribution in [1.29, 1.82) is 0 Å². The SMILES string of the molecule is O=C(c1ccco1)N(Cc1ccsc1)Cc1ccco1. The number of hydrogen-bond acceptors (Lipinski definition) is 4. The fourth-order valence-electron chi connectivity index (χ4n) is 1.95. The van der Waals surface area contributed by atoms with E-state index < -0.39 is 0 Å². The highest BCUT2D eigenvalue weighted by Gasteiger charge is 2.20. The summed E-state index contributed by atoms with van der Waals surface area (Å²) in [6.45, 7) is 0.951. The number of rotatable bonds is 5. The molecule has 3 rings (SSSR count). The Hall–Kier alpha value is -2.27. The fraction of sp³-hybridized carbons (Fsp3) is 0.133. The van der Waals surface area contributed by atoms with Gasteiger partial charge in [0.05, 0.1) is 19.1 Å². The van der Waals surface area contributed by atoms with Gasteiger partial charge in [-0.2, -0.15) is 11.3 Å². The minimum absolute atomic E-state index is 0.141. The summed E-state index contributed by atoms with van der Waals surface area (Å²) in [4.78, 5) is 14.2. The second-order valence-electron chi connectivity index (χ2n) is 4.35. The summed E-state index contributed by atoms with van der Waals surface area (Å²) in [7, 11) is 0. The third-order valence-corrected chi connectivity index (χ3v) is 3.63. The quantitative estimate of drug-likeness (QED) is 0.717. The molecule has 0 bridgehead atoms. The van der Waals surface area contributed by atoms with Crippen molar-refractivity contribution in [3.63, 3.8) is 0 Å². The van der Waals surface area contributed by atoms with Crippen LogP contribution < -0.4 is 0 Å². The van der Waals surface area contributed by atoms with Crippen LogP contribution in [0.2, 0.25) is 0 Å². The molecule has 0 fully saturated rings. The van der Waals surface area contributed by atoms with Crippen LogP contribution in [0.5, 0.6) is 0 Å². The second kappa shape index (κ2) is 5.79. The van der Waals surface area contributed by atoms with E-state index in [0.717, 1.165) is 11.3 Å². The maximum atomic E-state index is 12.5. The number of hydrogen-bond donors (Lipinski definition) is 0. The van der Waals surface area contributed by atoms with Crippen molar-refractivity contribution in [2.45, 2.75) is 13.1 Å². The summed E-state index contributed by atoms with van der Waals surface area (Å²) in [6.07, 6.45) is 3.11. The molecule has 0 spiro atoms. The molecule has 0 aliphatic carbocycles. The van der Waals surface area contributed by atoms with Crippen LogP contribution in [0.3, 0.4) is 0 Å². The fourth-order valence-corrected chi connectivity index (χ4v) is 2.61. The van der Waals surface area contributed by atoms with Gasteiger partial charge in [0.15, 0.2) is 5.76 Å². The van der Waals surface area contributed by atoms with Crippen molar-refractivity contribution < 1.29 is 13.6 Å². The number of nitrogens with zero attached hydrogens (tertiary/aromatic N) is 1. The summed E-state index contributed by atoms with van der Waals surface area (Å²) in [5.41, 5.74) is 1.10. The Labute approximate surface area is 120 Å². The van der Waals surface area contributed by atoms with E-state index in [0.29, 0.717) is 18.8 Å². The molecule has 0 saturated heterocycles. The predicted octanol–water partition coefficient (Wildman–Crippen LogP) is 3.78. The summed E-state index contributed by atoms with van der Waals surface area (Å²) >= 11 is 1.61. The van der Waals surface area contributed by atoms with Gasteiger partial charge < -0.3 is 13.7 Å². The molecule has 5 heteroatoms. The molecule has 0 unspecified atom stereocenters. The Balaban J connectivity index is 1.81. The molecule has 20 heavy (non-hydrogen) atoms. The average molecular weight is 287 g/mol. The molecule has 0 saturated carbocycles. The maximum absolute atomic E-state index is 12.5. The molecule has 0 radical (unpaired) electrons. The van der Waals surface area contributed by atoms with Gasteiger partial charge in [0, 0.05) is 6.54 Å². The summed E-state index contributed by atoms with van der Waals surface area (Å²) in [5.74, 6) is 0.949. The van der Waals surface area contributed by atoms with Crippen LogP contribution >= 0.6 is 11.3 Å². The Kier molecular flexibility index (Phi) is 3.69. The van der Waals surface area contributed by atoms with E-state index >= 15 is 0 Å². The third-order valence-electron chi connectivity index (χ3n) is 2.90. The van der Waals surface area contributed by atoms with Gasteiger partial charge in [-0.25, -0.2) is 0 Å². The monoisotopic (exact) mass is 287 g/mol. The van der Waals surface area contributed by atoms with Gasteiger partial charge in [0.1, 0.15) is 5.76 Å². The molecule has 0 aliphatic rings. The Morgan fingerprint density at radius 1 is 1.10 bits per heavy atom. The van der Waals surface area contributed by atoms with Gasteiger partial charge in [0.25, 0.3) is 5.91 Å². The minimum Gasteiger partial charge on any atom is -0.467 e. The normalized spacial score (nSPS) is 10.6. The summed E-state index contributed by atoms with van der Waals surface area (Å²) < 4.78 is 10.5. The lowest BCUT2D eigenvalue weighted by Gasteiger charge is -2.20. The van der Waals surface area contributed by atoms with Gasteiger partial charge in [-0.05, 0) is 46.7 Å². The largest absolute Gasteiger partial charge is 0.467 e. The third kappa shape index (κ3) is 2.83. The molecule has 0 N–H and O–H groups in total. The van der Waals surface area contributed by atoms with Gasteiger partial charge in [-0.3, -0.25) is 4.79 Å². The lowest BCUT2D eigenvalue weighted by Crippen LogP contribution is -2.29. The van der Waals surface area contributed by atoms with Crippen molar-refractivity contribution in [2.75, 3.05) is 0 Å². The van der Waals surface area contributed by atoms with E-state index in [1.54, 1.807) is 34.6 Å². The number of carbonyl (C=O) groups excluding carboxylic acids is 1. The zero-order chi connectivity index (χ0) is 13.8. The van der Waals surface area contributed by atoms with E-state index in [9.17, 15) is 4.79 Å². The number of furan rings is 2. The van der Waals surface area contributed by atoms with E-state index in [1.807, 2.05) is 29.0 Å². The van der Waals surface area contributed by atoms with Gasteiger partial charge >= 0.3 is 0 Å². The van der Waals surface area contributed by atoms with E-state index in [1.165, 1.54) is 6.26 Å². The van der Waals surface area contributed by atoms with E-state index in [-0.39, 0.29) is 5.91 Å². The average Bonchev–Trinajstić information content (AvgIpc) is 3.20. The van der Waals surface area contributed by atoms with Gasteiger partial charge in [-0.15, -0.1) is 0 Å².